The maximum atomic E-state index is 10.3. The summed E-state index contributed by atoms with van der Waals surface area (Å²) in [4.78, 5) is 9.59. The van der Waals surface area contributed by atoms with Crippen molar-refractivity contribution in [3.8, 4) is 0 Å². The first-order valence-electron chi connectivity index (χ1n) is 5.27. The van der Waals surface area contributed by atoms with Gasteiger partial charge in [-0.05, 0) is 30.1 Å². The van der Waals surface area contributed by atoms with Crippen LogP contribution in [0.2, 0.25) is 0 Å². The topological polar surface area (TPSA) is 113 Å². The fourth-order valence-electron chi connectivity index (χ4n) is 1.27. The van der Waals surface area contributed by atoms with E-state index in [1.807, 2.05) is 13.8 Å². The molecule has 1 atom stereocenters. The van der Waals surface area contributed by atoms with Crippen LogP contribution in [0.5, 0.6) is 0 Å². The number of nitrogens with one attached hydrogen (secondary N) is 2. The number of nitro benzene ring substituents is 1. The van der Waals surface area contributed by atoms with Gasteiger partial charge in [0.2, 0.25) is 5.69 Å². The van der Waals surface area contributed by atoms with Crippen LogP contribution in [0.15, 0.2) is 35.2 Å². The molecule has 0 saturated heterocycles. The summed E-state index contributed by atoms with van der Waals surface area (Å²) in [6, 6.07) is 6.71. The van der Waals surface area contributed by atoms with Crippen molar-refractivity contribution in [1.29, 1.82) is 0 Å². The van der Waals surface area contributed by atoms with Gasteiger partial charge in [0.1, 0.15) is 0 Å². The average molecular weight is 283 g/mol. The number of non-ortho nitro benzene ring substituents is 1. The Labute approximate surface area is 112 Å². The minimum Gasteiger partial charge on any atom is -0.768 e. The number of aryl methyl sites for hydroxylation is 2. The highest BCUT2D eigenvalue weighted by molar-refractivity contribution is 7.79. The Kier molecular flexibility index (Phi) is 5.34. The van der Waals surface area contributed by atoms with E-state index in [9.17, 15) is 18.9 Å². The Morgan fingerprint density at radius 3 is 2.11 bits per heavy atom. The van der Waals surface area contributed by atoms with E-state index >= 15 is 0 Å². The second-order valence-corrected chi connectivity index (χ2v) is 4.69. The second-order valence-electron chi connectivity index (χ2n) is 3.75. The van der Waals surface area contributed by atoms with Crippen molar-refractivity contribution in [1.82, 2.24) is 5.10 Å². The lowest BCUT2D eigenvalue weighted by Crippen LogP contribution is -2.03. The molecule has 7 nitrogen and oxygen atoms in total. The maximum Gasteiger partial charge on any atom is 0.269 e. The lowest BCUT2D eigenvalue weighted by Gasteiger charge is -2.02. The van der Waals surface area contributed by atoms with Crippen molar-refractivity contribution in [3.05, 3.63) is 51.8 Å². The van der Waals surface area contributed by atoms with Crippen LogP contribution in [0, 0.1) is 24.0 Å². The number of hydrogen-bond acceptors (Lipinski definition) is 4. The van der Waals surface area contributed by atoms with Gasteiger partial charge in [0.05, 0.1) is 10.6 Å². The first-order chi connectivity index (χ1) is 8.90. The summed E-state index contributed by atoms with van der Waals surface area (Å²) in [6.07, 6.45) is 0. The van der Waals surface area contributed by atoms with E-state index in [2.05, 4.69) is 16.3 Å². The number of nitrogens with zero attached hydrogens (tertiary/aromatic N) is 1. The third-order valence-corrected chi connectivity index (χ3v) is 2.79. The Balaban J connectivity index is 0.000000218. The second kappa shape index (κ2) is 6.76. The summed E-state index contributed by atoms with van der Waals surface area (Å²) in [7, 11) is 0. The molecule has 0 aliphatic carbocycles. The lowest BCUT2D eigenvalue weighted by molar-refractivity contribution is -0.457. The van der Waals surface area contributed by atoms with E-state index in [0.717, 1.165) is 12.1 Å². The van der Waals surface area contributed by atoms with Gasteiger partial charge in [-0.15, -0.1) is 5.10 Å². The van der Waals surface area contributed by atoms with E-state index in [1.54, 1.807) is 0 Å². The number of nitro groups is 1. The highest BCUT2D eigenvalue weighted by Gasteiger charge is 2.03. The van der Waals surface area contributed by atoms with Gasteiger partial charge in [-0.2, -0.15) is 5.10 Å². The van der Waals surface area contributed by atoms with Gasteiger partial charge in [-0.1, -0.05) is 0 Å². The van der Waals surface area contributed by atoms with E-state index in [1.165, 1.54) is 23.5 Å². The molecule has 0 aliphatic heterocycles. The molecule has 1 heterocycles. The monoisotopic (exact) mass is 283 g/mol. The van der Waals surface area contributed by atoms with Gasteiger partial charge in [0.25, 0.3) is 5.69 Å². The maximum absolute atomic E-state index is 10.3. The number of benzene rings is 1. The van der Waals surface area contributed by atoms with Gasteiger partial charge in [-0.25, -0.2) is 0 Å². The predicted molar refractivity (Wildman–Crippen MR) is 67.1 cm³/mol. The zero-order valence-electron chi connectivity index (χ0n) is 10.4. The number of aromatic amines is 2. The van der Waals surface area contributed by atoms with E-state index in [4.69, 9.17) is 0 Å². The molecule has 2 rings (SSSR count). The molecular formula is C11H13N3O4S. The summed E-state index contributed by atoms with van der Waals surface area (Å²) < 4.78 is 20.6. The third kappa shape index (κ3) is 4.98. The lowest BCUT2D eigenvalue weighted by atomic mass is 10.3. The number of hydrogen-bond donors (Lipinski definition) is 1. The molecule has 19 heavy (non-hydrogen) atoms. The molecule has 0 bridgehead atoms. The van der Waals surface area contributed by atoms with Gasteiger partial charge in [0.15, 0.2) is 0 Å². The van der Waals surface area contributed by atoms with E-state index < -0.39 is 16.0 Å². The van der Waals surface area contributed by atoms with Crippen LogP contribution in [0.3, 0.4) is 0 Å². The molecule has 2 N–H and O–H groups in total. The van der Waals surface area contributed by atoms with E-state index in [0.29, 0.717) is 0 Å². The standard InChI is InChI=1S/C6H5NO4S.C5H8N2/c8-7(9)5-1-3-6(4-2-5)12(10)11;1-4-3-5(2)7-6-4/h1-4H,(H,10,11);3H,1-2H3,(H,6,7). The minimum atomic E-state index is -2.32. The van der Waals surface area contributed by atoms with Crippen molar-refractivity contribution in [3.63, 3.8) is 0 Å². The summed E-state index contributed by atoms with van der Waals surface area (Å²) in [5, 5.41) is 16.0. The van der Waals surface area contributed by atoms with Crippen molar-refractivity contribution in [2.75, 3.05) is 0 Å². The largest absolute Gasteiger partial charge is 0.768 e. The van der Waals surface area contributed by atoms with Crippen LogP contribution in [-0.4, -0.2) is 18.8 Å². The Hall–Kier alpha value is -2.06. The summed E-state index contributed by atoms with van der Waals surface area (Å²) in [5.74, 6) is 0. The molecule has 0 fully saturated rings. The molecule has 1 unspecified atom stereocenters. The smallest absolute Gasteiger partial charge is 0.269 e. The van der Waals surface area contributed by atoms with Gasteiger partial charge < -0.3 is 4.55 Å². The number of rotatable bonds is 2. The molecule has 1 aromatic carbocycles. The van der Waals surface area contributed by atoms with E-state index in [-0.39, 0.29) is 10.6 Å². The molecule has 2 aromatic rings. The molecule has 1 aromatic heterocycles. The van der Waals surface area contributed by atoms with Crippen LogP contribution in [0.25, 0.3) is 0 Å². The average Bonchev–Trinajstić information content (AvgIpc) is 2.74. The Morgan fingerprint density at radius 2 is 1.84 bits per heavy atom. The van der Waals surface area contributed by atoms with Gasteiger partial charge >= 0.3 is 0 Å². The summed E-state index contributed by atoms with van der Waals surface area (Å²) in [6.45, 7) is 4.03. The van der Waals surface area contributed by atoms with Crippen LogP contribution < -0.4 is 5.10 Å². The quantitative estimate of drug-likeness (QED) is 0.508. The van der Waals surface area contributed by atoms with Crippen LogP contribution >= 0.6 is 0 Å². The molecule has 0 radical (unpaired) electrons. The zero-order chi connectivity index (χ0) is 14.4. The molecule has 0 aliphatic rings. The molecule has 102 valence electrons. The Bertz CT molecular complexity index is 530. The summed E-state index contributed by atoms with van der Waals surface area (Å²) in [5.41, 5.74) is 2.24. The molecule has 8 heteroatoms. The molecule has 0 amide bonds. The summed E-state index contributed by atoms with van der Waals surface area (Å²) >= 11 is -2.32. The van der Waals surface area contributed by atoms with Crippen molar-refractivity contribution in [2.45, 2.75) is 18.7 Å². The third-order valence-electron chi connectivity index (χ3n) is 2.13. The normalized spacial score (nSPS) is 11.3. The van der Waals surface area contributed by atoms with Crippen LogP contribution in [0.4, 0.5) is 5.69 Å². The van der Waals surface area contributed by atoms with Crippen LogP contribution in [-0.2, 0) is 11.1 Å². The first kappa shape index (κ1) is 15.0. The fraction of sp³-hybridized carbons (Fsp3) is 0.182. The highest BCUT2D eigenvalue weighted by atomic mass is 32.2. The van der Waals surface area contributed by atoms with Crippen molar-refractivity contribution in [2.24, 2.45) is 0 Å². The minimum absolute atomic E-state index is 0.0422. The Morgan fingerprint density at radius 1 is 1.26 bits per heavy atom. The van der Waals surface area contributed by atoms with Crippen molar-refractivity contribution >= 4 is 16.8 Å². The fourth-order valence-corrected chi connectivity index (χ4v) is 1.63. The van der Waals surface area contributed by atoms with Gasteiger partial charge in [-0.3, -0.25) is 14.3 Å². The van der Waals surface area contributed by atoms with Crippen LogP contribution in [0.1, 0.15) is 11.4 Å². The zero-order valence-corrected chi connectivity index (χ0v) is 11.2. The number of H-pyrrole nitrogens is 2. The predicted octanol–water partition coefficient (Wildman–Crippen LogP) is 1.28. The van der Waals surface area contributed by atoms with Gasteiger partial charge in [0, 0.05) is 30.0 Å². The molecule has 0 saturated carbocycles. The number of aromatic nitrogens is 2. The molecular weight excluding hydrogens is 270 g/mol. The molecule has 0 spiro atoms. The van der Waals surface area contributed by atoms with Crippen molar-refractivity contribution < 1.29 is 18.8 Å². The highest BCUT2D eigenvalue weighted by Crippen LogP contribution is 2.13. The first-order valence-corrected chi connectivity index (χ1v) is 6.35. The SMILES string of the molecule is Cc1cc(C)[nH+][nH]1.O=[N+]([O-])c1ccc(S(=O)[O-])cc1.